The Kier molecular flexibility index (Phi) is 2.23. The molecule has 1 aromatic heterocycles. The van der Waals surface area contributed by atoms with Crippen LogP contribution in [0, 0.1) is 6.92 Å². The van der Waals surface area contributed by atoms with Crippen molar-refractivity contribution in [3.05, 3.63) is 36.0 Å². The van der Waals surface area contributed by atoms with Crippen molar-refractivity contribution in [3.8, 4) is 0 Å². The number of pyridine rings is 1. The highest BCUT2D eigenvalue weighted by Crippen LogP contribution is 2.13. The molecule has 0 aliphatic rings. The van der Waals surface area contributed by atoms with Gasteiger partial charge >= 0.3 is 7.12 Å². The van der Waals surface area contributed by atoms with Crippen LogP contribution in [0.5, 0.6) is 0 Å². The standard InChI is InChI=1S/C10H10BNO2/c1-7-4-5-12-10-3-2-8(11(13)14)6-9(7)10/h2-6,13-14H,1H3. The lowest BCUT2D eigenvalue weighted by atomic mass is 9.79. The third-order valence-electron chi connectivity index (χ3n) is 2.28. The fraction of sp³-hybridized carbons (Fsp3) is 0.100. The molecule has 3 nitrogen and oxygen atoms in total. The van der Waals surface area contributed by atoms with Crippen LogP contribution in [0.4, 0.5) is 0 Å². The van der Waals surface area contributed by atoms with Gasteiger partial charge in [0, 0.05) is 11.6 Å². The molecular formula is C10H10BNO2. The van der Waals surface area contributed by atoms with Crippen molar-refractivity contribution < 1.29 is 10.0 Å². The maximum Gasteiger partial charge on any atom is 0.488 e. The van der Waals surface area contributed by atoms with Crippen molar-refractivity contribution in [3.63, 3.8) is 0 Å². The van der Waals surface area contributed by atoms with E-state index in [2.05, 4.69) is 4.98 Å². The highest BCUT2D eigenvalue weighted by atomic mass is 16.4. The van der Waals surface area contributed by atoms with Crippen molar-refractivity contribution >= 4 is 23.5 Å². The van der Waals surface area contributed by atoms with Gasteiger partial charge in [-0.15, -0.1) is 0 Å². The van der Waals surface area contributed by atoms with Gasteiger partial charge in [-0.1, -0.05) is 12.1 Å². The zero-order valence-corrected chi connectivity index (χ0v) is 7.81. The molecular weight excluding hydrogens is 177 g/mol. The van der Waals surface area contributed by atoms with Gasteiger partial charge in [0.25, 0.3) is 0 Å². The minimum Gasteiger partial charge on any atom is -0.423 e. The number of hydrogen-bond acceptors (Lipinski definition) is 3. The maximum atomic E-state index is 9.01. The number of hydrogen-bond donors (Lipinski definition) is 2. The quantitative estimate of drug-likeness (QED) is 0.628. The molecule has 14 heavy (non-hydrogen) atoms. The average Bonchev–Trinajstić information content (AvgIpc) is 2.18. The molecule has 0 radical (unpaired) electrons. The second-order valence-electron chi connectivity index (χ2n) is 3.28. The molecule has 0 spiro atoms. The number of benzene rings is 1. The third kappa shape index (κ3) is 1.50. The first-order valence-corrected chi connectivity index (χ1v) is 4.40. The van der Waals surface area contributed by atoms with E-state index in [-0.39, 0.29) is 0 Å². The Labute approximate surface area is 82.2 Å². The Morgan fingerprint density at radius 1 is 1.21 bits per heavy atom. The Morgan fingerprint density at radius 3 is 2.71 bits per heavy atom. The van der Waals surface area contributed by atoms with E-state index in [0.717, 1.165) is 16.5 Å². The fourth-order valence-corrected chi connectivity index (χ4v) is 1.46. The van der Waals surface area contributed by atoms with E-state index >= 15 is 0 Å². The zero-order valence-electron chi connectivity index (χ0n) is 7.81. The van der Waals surface area contributed by atoms with Crippen LogP contribution in [-0.4, -0.2) is 22.2 Å². The predicted octanol–water partition coefficient (Wildman–Crippen LogP) is 0.223. The van der Waals surface area contributed by atoms with Gasteiger partial charge in [0.15, 0.2) is 0 Å². The van der Waals surface area contributed by atoms with Crippen LogP contribution in [0.1, 0.15) is 5.56 Å². The summed E-state index contributed by atoms with van der Waals surface area (Å²) >= 11 is 0. The summed E-state index contributed by atoms with van der Waals surface area (Å²) in [4.78, 5) is 4.18. The number of nitrogens with zero attached hydrogens (tertiary/aromatic N) is 1. The van der Waals surface area contributed by atoms with E-state index in [1.54, 1.807) is 24.4 Å². The Balaban J connectivity index is 2.70. The van der Waals surface area contributed by atoms with Crippen molar-refractivity contribution in [2.24, 2.45) is 0 Å². The molecule has 0 unspecified atom stereocenters. The van der Waals surface area contributed by atoms with Gasteiger partial charge in [-0.2, -0.15) is 0 Å². The monoisotopic (exact) mass is 187 g/mol. The fourth-order valence-electron chi connectivity index (χ4n) is 1.46. The van der Waals surface area contributed by atoms with Crippen molar-refractivity contribution in [2.75, 3.05) is 0 Å². The van der Waals surface area contributed by atoms with Crippen LogP contribution >= 0.6 is 0 Å². The minimum atomic E-state index is -1.42. The largest absolute Gasteiger partial charge is 0.488 e. The van der Waals surface area contributed by atoms with Crippen molar-refractivity contribution in [1.29, 1.82) is 0 Å². The second-order valence-corrected chi connectivity index (χ2v) is 3.28. The minimum absolute atomic E-state index is 0.494. The van der Waals surface area contributed by atoms with Gasteiger partial charge in [0.2, 0.25) is 0 Å². The van der Waals surface area contributed by atoms with E-state index in [9.17, 15) is 0 Å². The molecule has 2 aromatic rings. The first kappa shape index (κ1) is 9.18. The summed E-state index contributed by atoms with van der Waals surface area (Å²) in [7, 11) is -1.42. The molecule has 1 aromatic carbocycles. The van der Waals surface area contributed by atoms with Crippen molar-refractivity contribution in [1.82, 2.24) is 4.98 Å². The summed E-state index contributed by atoms with van der Waals surface area (Å²) in [5.74, 6) is 0. The van der Waals surface area contributed by atoms with Gasteiger partial charge in [-0.05, 0) is 30.1 Å². The van der Waals surface area contributed by atoms with E-state index in [1.807, 2.05) is 13.0 Å². The smallest absolute Gasteiger partial charge is 0.423 e. The van der Waals surface area contributed by atoms with E-state index in [4.69, 9.17) is 10.0 Å². The summed E-state index contributed by atoms with van der Waals surface area (Å²) in [5, 5.41) is 19.0. The lowest BCUT2D eigenvalue weighted by molar-refractivity contribution is 0.426. The predicted molar refractivity (Wildman–Crippen MR) is 56.3 cm³/mol. The van der Waals surface area contributed by atoms with Gasteiger partial charge in [-0.25, -0.2) is 0 Å². The normalized spacial score (nSPS) is 10.5. The Morgan fingerprint density at radius 2 is 2.00 bits per heavy atom. The molecule has 0 aliphatic heterocycles. The molecule has 0 atom stereocenters. The average molecular weight is 187 g/mol. The van der Waals surface area contributed by atoms with Gasteiger partial charge in [-0.3, -0.25) is 4.98 Å². The van der Waals surface area contributed by atoms with Gasteiger partial charge in [0.1, 0.15) is 0 Å². The second kappa shape index (κ2) is 3.40. The van der Waals surface area contributed by atoms with Crippen molar-refractivity contribution in [2.45, 2.75) is 6.92 Å². The first-order chi connectivity index (χ1) is 6.68. The topological polar surface area (TPSA) is 53.4 Å². The number of rotatable bonds is 1. The summed E-state index contributed by atoms with van der Waals surface area (Å²) in [6, 6.07) is 7.11. The SMILES string of the molecule is Cc1ccnc2ccc(B(O)O)cc12. The molecule has 0 amide bonds. The summed E-state index contributed by atoms with van der Waals surface area (Å²) in [5.41, 5.74) is 2.44. The number of aryl methyl sites for hydroxylation is 1. The van der Waals surface area contributed by atoms with Crippen LogP contribution in [0.25, 0.3) is 10.9 Å². The zero-order chi connectivity index (χ0) is 10.1. The van der Waals surface area contributed by atoms with Crippen LogP contribution < -0.4 is 5.46 Å². The number of aromatic nitrogens is 1. The summed E-state index contributed by atoms with van der Waals surface area (Å²) in [6.07, 6.45) is 1.74. The molecule has 0 saturated heterocycles. The Bertz CT molecular complexity index is 471. The third-order valence-corrected chi connectivity index (χ3v) is 2.28. The first-order valence-electron chi connectivity index (χ1n) is 4.40. The molecule has 0 fully saturated rings. The molecule has 2 N–H and O–H groups in total. The van der Waals surface area contributed by atoms with Crippen LogP contribution in [0.2, 0.25) is 0 Å². The molecule has 0 aliphatic carbocycles. The lowest BCUT2D eigenvalue weighted by Crippen LogP contribution is -2.29. The van der Waals surface area contributed by atoms with Gasteiger partial charge in [0.05, 0.1) is 5.52 Å². The highest BCUT2D eigenvalue weighted by molar-refractivity contribution is 6.58. The molecule has 4 heteroatoms. The summed E-state index contributed by atoms with van der Waals surface area (Å²) < 4.78 is 0. The van der Waals surface area contributed by atoms with Crippen LogP contribution in [0.15, 0.2) is 30.5 Å². The van der Waals surface area contributed by atoms with E-state index in [0.29, 0.717) is 5.46 Å². The highest BCUT2D eigenvalue weighted by Gasteiger charge is 2.11. The van der Waals surface area contributed by atoms with Crippen LogP contribution in [-0.2, 0) is 0 Å². The Hall–Kier alpha value is -1.39. The maximum absolute atomic E-state index is 9.01. The van der Waals surface area contributed by atoms with Gasteiger partial charge < -0.3 is 10.0 Å². The summed E-state index contributed by atoms with van der Waals surface area (Å²) in [6.45, 7) is 1.97. The molecule has 0 bridgehead atoms. The molecule has 1 heterocycles. The van der Waals surface area contributed by atoms with E-state index in [1.165, 1.54) is 0 Å². The molecule has 70 valence electrons. The van der Waals surface area contributed by atoms with Crippen LogP contribution in [0.3, 0.4) is 0 Å². The molecule has 0 saturated carbocycles. The van der Waals surface area contributed by atoms with E-state index < -0.39 is 7.12 Å². The number of fused-ring (bicyclic) bond motifs is 1. The molecule has 2 rings (SSSR count). The lowest BCUT2D eigenvalue weighted by Gasteiger charge is -2.03.